The summed E-state index contributed by atoms with van der Waals surface area (Å²) in [5.74, 6) is -1.76. The van der Waals surface area contributed by atoms with E-state index in [1.54, 1.807) is 0 Å². The van der Waals surface area contributed by atoms with Crippen LogP contribution in [0.3, 0.4) is 0 Å². The summed E-state index contributed by atoms with van der Waals surface area (Å²) in [7, 11) is 0. The second-order valence-corrected chi connectivity index (χ2v) is 3.99. The number of rotatable bonds is 4. The van der Waals surface area contributed by atoms with Crippen LogP contribution in [0, 0.1) is 0 Å². The molecule has 0 fully saturated rings. The summed E-state index contributed by atoms with van der Waals surface area (Å²) in [4.78, 5) is 21.5. The van der Waals surface area contributed by atoms with Crippen LogP contribution in [0.2, 0.25) is 0 Å². The van der Waals surface area contributed by atoms with Gasteiger partial charge >= 0.3 is 5.97 Å². The van der Waals surface area contributed by atoms with E-state index in [1.807, 2.05) is 0 Å². The topological polar surface area (TPSA) is 105 Å². The molecule has 0 saturated carbocycles. The van der Waals surface area contributed by atoms with E-state index in [0.717, 1.165) is 0 Å². The number of carbonyl (C=O) groups excluding carboxylic acids is 1. The number of carbonyl (C=O) groups is 2. The first-order valence-corrected chi connectivity index (χ1v) is 4.07. The van der Waals surface area contributed by atoms with Crippen LogP contribution in [0.5, 0.6) is 0 Å². The molecule has 1 amide bonds. The van der Waals surface area contributed by atoms with Gasteiger partial charge in [0.15, 0.2) is 11.1 Å². The van der Waals surface area contributed by atoms with Crippen molar-refractivity contribution in [1.82, 2.24) is 0 Å². The summed E-state index contributed by atoms with van der Waals surface area (Å²) in [6, 6.07) is 0. The van der Waals surface area contributed by atoms with Crippen LogP contribution in [0.15, 0.2) is 10.2 Å². The molecular formula is C8H15N3O3. The van der Waals surface area contributed by atoms with Gasteiger partial charge in [0, 0.05) is 0 Å². The lowest BCUT2D eigenvalue weighted by Crippen LogP contribution is -2.37. The van der Waals surface area contributed by atoms with Gasteiger partial charge in [-0.25, -0.2) is 4.79 Å². The van der Waals surface area contributed by atoms with E-state index in [9.17, 15) is 9.59 Å². The van der Waals surface area contributed by atoms with Gasteiger partial charge in [-0.05, 0) is 27.7 Å². The average Bonchev–Trinajstić information content (AvgIpc) is 2.01. The Balaban J connectivity index is 4.76. The molecule has 0 aliphatic carbocycles. The molecule has 0 aromatic carbocycles. The van der Waals surface area contributed by atoms with Gasteiger partial charge in [0.05, 0.1) is 0 Å². The minimum absolute atomic E-state index is 0.651. The minimum Gasteiger partial charge on any atom is -0.479 e. The van der Waals surface area contributed by atoms with Gasteiger partial charge in [-0.3, -0.25) is 4.79 Å². The first-order chi connectivity index (χ1) is 6.09. The predicted octanol–water partition coefficient (Wildman–Crippen LogP) is 0.566. The molecule has 0 saturated heterocycles. The number of azo groups is 1. The Kier molecular flexibility index (Phi) is 3.34. The molecule has 0 unspecified atom stereocenters. The first-order valence-electron chi connectivity index (χ1n) is 4.07. The third kappa shape index (κ3) is 3.12. The number of nitrogens with two attached hydrogens (primary N) is 1. The van der Waals surface area contributed by atoms with Gasteiger partial charge in [-0.2, -0.15) is 10.2 Å². The Morgan fingerprint density at radius 3 is 1.71 bits per heavy atom. The molecule has 0 aliphatic heterocycles. The van der Waals surface area contributed by atoms with Gasteiger partial charge in [-0.1, -0.05) is 0 Å². The molecule has 0 heterocycles. The van der Waals surface area contributed by atoms with Crippen molar-refractivity contribution in [2.24, 2.45) is 16.0 Å². The third-order valence-electron chi connectivity index (χ3n) is 1.68. The van der Waals surface area contributed by atoms with E-state index in [1.165, 1.54) is 27.7 Å². The van der Waals surface area contributed by atoms with Crippen LogP contribution in [-0.4, -0.2) is 28.1 Å². The van der Waals surface area contributed by atoms with Gasteiger partial charge in [-0.15, -0.1) is 0 Å². The molecule has 3 N–H and O–H groups in total. The zero-order valence-electron chi connectivity index (χ0n) is 8.74. The number of carboxylic acid groups (broad SMARTS) is 1. The van der Waals surface area contributed by atoms with Gasteiger partial charge in [0.2, 0.25) is 5.91 Å². The summed E-state index contributed by atoms with van der Waals surface area (Å²) in [6.07, 6.45) is 0. The van der Waals surface area contributed by atoms with Crippen molar-refractivity contribution in [1.29, 1.82) is 0 Å². The number of amides is 1. The summed E-state index contributed by atoms with van der Waals surface area (Å²) in [5, 5.41) is 15.9. The molecule has 0 rings (SSSR count). The van der Waals surface area contributed by atoms with Gasteiger partial charge in [0.25, 0.3) is 0 Å². The fourth-order valence-corrected chi connectivity index (χ4v) is 0.342. The van der Waals surface area contributed by atoms with Crippen molar-refractivity contribution in [3.63, 3.8) is 0 Å². The molecule has 0 radical (unpaired) electrons. The summed E-state index contributed by atoms with van der Waals surface area (Å²) in [5.41, 5.74) is 2.52. The molecule has 0 bridgehead atoms. The van der Waals surface area contributed by atoms with E-state index in [0.29, 0.717) is 0 Å². The fourth-order valence-electron chi connectivity index (χ4n) is 0.342. The quantitative estimate of drug-likeness (QED) is 0.649. The Bertz CT molecular complexity index is 254. The first kappa shape index (κ1) is 12.5. The third-order valence-corrected chi connectivity index (χ3v) is 1.68. The number of aliphatic carboxylic acids is 1. The van der Waals surface area contributed by atoms with Crippen LogP contribution in [0.1, 0.15) is 27.7 Å². The lowest BCUT2D eigenvalue weighted by molar-refractivity contribution is -0.142. The monoisotopic (exact) mass is 201 g/mol. The molecule has 14 heavy (non-hydrogen) atoms. The van der Waals surface area contributed by atoms with Crippen LogP contribution in [0.25, 0.3) is 0 Å². The fraction of sp³-hybridized carbons (Fsp3) is 0.750. The molecule has 0 aromatic rings. The standard InChI is InChI=1S/C8H15N3O3/c1-7(2,5(9)12)10-11-8(3,4)6(13)14/h1-4H3,(H2,9,12)(H,13,14)/b11-10+. The van der Waals surface area contributed by atoms with Crippen LogP contribution in [0.4, 0.5) is 0 Å². The van der Waals surface area contributed by atoms with Crippen LogP contribution < -0.4 is 5.73 Å². The average molecular weight is 201 g/mol. The maximum absolute atomic E-state index is 10.8. The van der Waals surface area contributed by atoms with E-state index < -0.39 is 23.0 Å². The Morgan fingerprint density at radius 2 is 1.43 bits per heavy atom. The molecule has 6 heteroatoms. The molecule has 6 nitrogen and oxygen atoms in total. The van der Waals surface area contributed by atoms with Crippen molar-refractivity contribution in [2.75, 3.05) is 0 Å². The molecule has 80 valence electrons. The second kappa shape index (κ2) is 3.73. The maximum atomic E-state index is 10.8. The number of nitrogens with zero attached hydrogens (tertiary/aromatic N) is 2. The highest BCUT2D eigenvalue weighted by atomic mass is 16.4. The highest BCUT2D eigenvalue weighted by Crippen LogP contribution is 2.15. The van der Waals surface area contributed by atoms with Crippen molar-refractivity contribution in [3.8, 4) is 0 Å². The van der Waals surface area contributed by atoms with E-state index >= 15 is 0 Å². The molecule has 0 spiro atoms. The SMILES string of the molecule is CC(C)(/N=N/C(C)(C)C(=O)O)C(N)=O. The highest BCUT2D eigenvalue weighted by Gasteiger charge is 2.30. The van der Waals surface area contributed by atoms with E-state index in [2.05, 4.69) is 10.2 Å². The van der Waals surface area contributed by atoms with Crippen molar-refractivity contribution < 1.29 is 14.7 Å². The molecule has 0 aliphatic rings. The van der Waals surface area contributed by atoms with Gasteiger partial charge < -0.3 is 10.8 Å². The minimum atomic E-state index is -1.34. The summed E-state index contributed by atoms with van der Waals surface area (Å²) in [6.45, 7) is 5.71. The van der Waals surface area contributed by atoms with E-state index in [4.69, 9.17) is 10.8 Å². The Hall–Kier alpha value is -1.46. The van der Waals surface area contributed by atoms with Crippen molar-refractivity contribution >= 4 is 11.9 Å². The number of carboxylic acids is 1. The lowest BCUT2D eigenvalue weighted by atomic mass is 10.1. The highest BCUT2D eigenvalue weighted by molar-refractivity contribution is 5.83. The zero-order valence-corrected chi connectivity index (χ0v) is 8.74. The smallest absolute Gasteiger partial charge is 0.332 e. The van der Waals surface area contributed by atoms with Crippen LogP contribution >= 0.6 is 0 Å². The Morgan fingerprint density at radius 1 is 1.07 bits per heavy atom. The maximum Gasteiger partial charge on any atom is 0.332 e. The van der Waals surface area contributed by atoms with Crippen molar-refractivity contribution in [2.45, 2.75) is 38.8 Å². The Labute approximate surface area is 82.2 Å². The van der Waals surface area contributed by atoms with E-state index in [-0.39, 0.29) is 0 Å². The zero-order chi connectivity index (χ0) is 11.6. The number of hydrogen-bond acceptors (Lipinski definition) is 4. The van der Waals surface area contributed by atoms with Crippen molar-refractivity contribution in [3.05, 3.63) is 0 Å². The normalized spacial score (nSPS) is 13.1. The summed E-state index contributed by atoms with van der Waals surface area (Å²) < 4.78 is 0. The lowest BCUT2D eigenvalue weighted by Gasteiger charge is -2.17. The number of primary amides is 1. The number of hydrogen-bond donors (Lipinski definition) is 2. The molecule has 0 atom stereocenters. The van der Waals surface area contributed by atoms with Crippen LogP contribution in [-0.2, 0) is 9.59 Å². The predicted molar refractivity (Wildman–Crippen MR) is 49.8 cm³/mol. The molecule has 0 aromatic heterocycles. The van der Waals surface area contributed by atoms with Gasteiger partial charge in [0.1, 0.15) is 0 Å². The largest absolute Gasteiger partial charge is 0.479 e. The second-order valence-electron chi connectivity index (χ2n) is 3.99. The molecular weight excluding hydrogens is 186 g/mol. The summed E-state index contributed by atoms with van der Waals surface area (Å²) >= 11 is 0.